The lowest BCUT2D eigenvalue weighted by Crippen LogP contribution is -2.35. The molecule has 1 aliphatic heterocycles. The van der Waals surface area contributed by atoms with E-state index in [1.165, 1.54) is 6.07 Å². The predicted octanol–water partition coefficient (Wildman–Crippen LogP) is 7.91. The zero-order valence-electron chi connectivity index (χ0n) is 27.0. The Morgan fingerprint density at radius 2 is 1.68 bits per heavy atom. The van der Waals surface area contributed by atoms with Gasteiger partial charge < -0.3 is 20.3 Å². The smallest absolute Gasteiger partial charge is 0.416 e. The van der Waals surface area contributed by atoms with Crippen molar-refractivity contribution in [1.82, 2.24) is 15.5 Å². The Hall–Kier alpha value is -4.60. The third-order valence-electron chi connectivity index (χ3n) is 8.27. The molecular weight excluding hydrogens is 607 g/mol. The van der Waals surface area contributed by atoms with Crippen molar-refractivity contribution < 1.29 is 32.3 Å². The maximum absolute atomic E-state index is 13.6. The molecule has 0 spiro atoms. The van der Waals surface area contributed by atoms with E-state index >= 15 is 0 Å². The van der Waals surface area contributed by atoms with Crippen molar-refractivity contribution in [2.75, 3.05) is 13.1 Å². The molecule has 10 heteroatoms. The van der Waals surface area contributed by atoms with Crippen LogP contribution < -0.4 is 10.6 Å². The highest BCUT2D eigenvalue weighted by Gasteiger charge is 2.34. The molecule has 2 aliphatic rings. The number of rotatable bonds is 8. The van der Waals surface area contributed by atoms with Gasteiger partial charge in [0.25, 0.3) is 5.91 Å². The average molecular weight is 648 g/mol. The molecule has 47 heavy (non-hydrogen) atoms. The van der Waals surface area contributed by atoms with Crippen LogP contribution in [0.4, 0.5) is 18.0 Å². The molecule has 0 unspecified atom stereocenters. The highest BCUT2D eigenvalue weighted by molar-refractivity contribution is 5.95. The van der Waals surface area contributed by atoms with Gasteiger partial charge in [-0.2, -0.15) is 13.2 Å². The minimum Gasteiger partial charge on any atom is -0.444 e. The third-order valence-corrected chi connectivity index (χ3v) is 8.27. The van der Waals surface area contributed by atoms with Gasteiger partial charge in [0.2, 0.25) is 5.91 Å². The molecule has 3 aromatic rings. The molecule has 1 heterocycles. The molecule has 0 bridgehead atoms. The molecule has 1 aliphatic carbocycles. The molecule has 3 amide bonds. The number of halogens is 3. The van der Waals surface area contributed by atoms with Crippen LogP contribution >= 0.6 is 0 Å². The zero-order valence-corrected chi connectivity index (χ0v) is 27.0. The van der Waals surface area contributed by atoms with Crippen molar-refractivity contribution in [3.8, 4) is 11.1 Å². The first-order valence-corrected chi connectivity index (χ1v) is 15.8. The molecule has 0 aromatic heterocycles. The van der Waals surface area contributed by atoms with Crippen LogP contribution in [0.1, 0.15) is 85.6 Å². The van der Waals surface area contributed by atoms with Gasteiger partial charge in [0.05, 0.1) is 11.6 Å². The molecule has 0 radical (unpaired) electrons. The maximum Gasteiger partial charge on any atom is 0.416 e. The number of carbonyl (C=O) groups is 3. The Labute approximate surface area is 273 Å². The number of nitrogens with one attached hydrogen (secondary N) is 2. The lowest BCUT2D eigenvalue weighted by atomic mass is 9.95. The first kappa shape index (κ1) is 33.8. The number of amides is 3. The summed E-state index contributed by atoms with van der Waals surface area (Å²) < 4.78 is 46.1. The number of ether oxygens (including phenoxy) is 1. The summed E-state index contributed by atoms with van der Waals surface area (Å²) in [5.41, 5.74) is 3.18. The summed E-state index contributed by atoms with van der Waals surface area (Å²) in [4.78, 5) is 39.7. The number of carbonyl (C=O) groups excluding carboxylic acids is 3. The van der Waals surface area contributed by atoms with Crippen molar-refractivity contribution in [3.05, 3.63) is 101 Å². The van der Waals surface area contributed by atoms with Gasteiger partial charge in [0, 0.05) is 31.1 Å². The summed E-state index contributed by atoms with van der Waals surface area (Å²) in [6, 6.07) is 17.4. The van der Waals surface area contributed by atoms with Crippen molar-refractivity contribution >= 4 is 23.5 Å². The van der Waals surface area contributed by atoms with E-state index in [4.69, 9.17) is 4.74 Å². The first-order chi connectivity index (χ1) is 22.2. The summed E-state index contributed by atoms with van der Waals surface area (Å²) in [6.45, 7) is 8.24. The Kier molecular flexibility index (Phi) is 9.79. The predicted molar refractivity (Wildman–Crippen MR) is 174 cm³/mol. The molecule has 1 fully saturated rings. The molecular formula is C37H40F3N3O4. The number of hydrogen-bond donors (Lipinski definition) is 2. The van der Waals surface area contributed by atoms with Crippen LogP contribution in [0.2, 0.25) is 0 Å². The van der Waals surface area contributed by atoms with Crippen LogP contribution in [-0.2, 0) is 22.3 Å². The van der Waals surface area contributed by atoms with E-state index in [2.05, 4.69) is 16.7 Å². The fraction of sp³-hybridized carbons (Fsp3) is 0.378. The van der Waals surface area contributed by atoms with Crippen LogP contribution in [0.3, 0.4) is 0 Å². The van der Waals surface area contributed by atoms with Gasteiger partial charge in [-0.1, -0.05) is 48.5 Å². The normalized spacial score (nSPS) is 15.8. The fourth-order valence-corrected chi connectivity index (χ4v) is 5.55. The summed E-state index contributed by atoms with van der Waals surface area (Å²) in [6.07, 6.45) is -0.443. The Morgan fingerprint density at radius 3 is 2.30 bits per heavy atom. The van der Waals surface area contributed by atoms with Gasteiger partial charge in [-0.15, -0.1) is 0 Å². The lowest BCUT2D eigenvalue weighted by Gasteiger charge is -2.27. The largest absolute Gasteiger partial charge is 0.444 e. The molecule has 1 atom stereocenters. The second kappa shape index (κ2) is 13.6. The number of alkyl carbamates (subject to hydrolysis) is 1. The van der Waals surface area contributed by atoms with E-state index in [-0.39, 0.29) is 30.3 Å². The van der Waals surface area contributed by atoms with Crippen molar-refractivity contribution in [1.29, 1.82) is 0 Å². The second-order valence-corrected chi connectivity index (χ2v) is 13.2. The minimum atomic E-state index is -4.54. The van der Waals surface area contributed by atoms with Gasteiger partial charge in [-0.05, 0) is 105 Å². The lowest BCUT2D eigenvalue weighted by molar-refractivity contribution is -0.137. The van der Waals surface area contributed by atoms with E-state index in [9.17, 15) is 27.6 Å². The highest BCUT2D eigenvalue weighted by Crippen LogP contribution is 2.35. The van der Waals surface area contributed by atoms with Crippen LogP contribution in [0.15, 0.2) is 72.8 Å². The highest BCUT2D eigenvalue weighted by atomic mass is 19.4. The summed E-state index contributed by atoms with van der Waals surface area (Å²) in [5.74, 6) is 0.181. The van der Waals surface area contributed by atoms with E-state index in [0.717, 1.165) is 48.1 Å². The van der Waals surface area contributed by atoms with Crippen LogP contribution in [0.25, 0.3) is 16.7 Å². The minimum absolute atomic E-state index is 0.0244. The second-order valence-electron chi connectivity index (χ2n) is 13.2. The third kappa shape index (κ3) is 8.81. The molecule has 3 aromatic carbocycles. The van der Waals surface area contributed by atoms with Gasteiger partial charge in [-0.3, -0.25) is 9.59 Å². The molecule has 2 N–H and O–H groups in total. The Bertz CT molecular complexity index is 1670. The van der Waals surface area contributed by atoms with Gasteiger partial charge in [-0.25, -0.2) is 4.79 Å². The molecule has 5 rings (SSSR count). The summed E-state index contributed by atoms with van der Waals surface area (Å²) in [7, 11) is 0. The Morgan fingerprint density at radius 1 is 0.957 bits per heavy atom. The fourth-order valence-electron chi connectivity index (χ4n) is 5.55. The van der Waals surface area contributed by atoms with Crippen molar-refractivity contribution in [2.24, 2.45) is 5.92 Å². The number of benzene rings is 3. The molecule has 7 nitrogen and oxygen atoms in total. The maximum atomic E-state index is 13.6. The van der Waals surface area contributed by atoms with E-state index in [1.807, 2.05) is 30.0 Å². The SMILES string of the molecule is C[C@@H](NC(=O)c1cccc(C2=CCN(C(=O)C3CC3)CC2)c1)c1ccc(-c2cc(C(F)(F)F)ccc2CNC(=O)OC(C)(C)C)cc1. The van der Waals surface area contributed by atoms with Gasteiger partial charge >= 0.3 is 12.3 Å². The topological polar surface area (TPSA) is 87.7 Å². The number of nitrogens with zero attached hydrogens (tertiary/aromatic N) is 1. The average Bonchev–Trinajstić information content (AvgIpc) is 3.88. The Balaban J connectivity index is 1.26. The molecule has 0 saturated heterocycles. The molecule has 248 valence electrons. The van der Waals surface area contributed by atoms with Gasteiger partial charge in [0.1, 0.15) is 5.60 Å². The van der Waals surface area contributed by atoms with E-state index < -0.39 is 23.4 Å². The molecule has 1 saturated carbocycles. The first-order valence-electron chi connectivity index (χ1n) is 15.8. The number of hydrogen-bond acceptors (Lipinski definition) is 4. The van der Waals surface area contributed by atoms with Crippen molar-refractivity contribution in [3.63, 3.8) is 0 Å². The van der Waals surface area contributed by atoms with Crippen LogP contribution in [0, 0.1) is 5.92 Å². The zero-order chi connectivity index (χ0) is 33.9. The number of alkyl halides is 3. The standard InChI is InChI=1S/C37H40F3N3O4/c1-23(42-33(44)29-7-5-6-28(20-29)25-16-18-43(19-17-25)34(45)27-12-13-27)24-8-10-26(11-9-24)32-21-31(37(38,39)40)15-14-30(32)22-41-35(46)47-36(2,3)4/h5-11,14-16,20-21,23,27H,12-13,17-19,22H2,1-4H3,(H,41,46)(H,42,44)/t23-/m1/s1. The quantitative estimate of drug-likeness (QED) is 0.260. The van der Waals surface area contributed by atoms with E-state index in [1.54, 1.807) is 51.1 Å². The summed E-state index contributed by atoms with van der Waals surface area (Å²) >= 11 is 0. The van der Waals surface area contributed by atoms with Crippen LogP contribution in [0.5, 0.6) is 0 Å². The van der Waals surface area contributed by atoms with Crippen molar-refractivity contribution in [2.45, 2.75) is 71.3 Å². The van der Waals surface area contributed by atoms with Crippen LogP contribution in [-0.4, -0.2) is 41.5 Å². The monoisotopic (exact) mass is 647 g/mol. The summed E-state index contributed by atoms with van der Waals surface area (Å²) in [5, 5.41) is 5.63. The van der Waals surface area contributed by atoms with E-state index in [0.29, 0.717) is 35.3 Å². The van der Waals surface area contributed by atoms with Gasteiger partial charge in [0.15, 0.2) is 0 Å².